The van der Waals surface area contributed by atoms with Crippen LogP contribution in [0.4, 0.5) is 13.2 Å². The number of rotatable bonds is 5. The highest BCUT2D eigenvalue weighted by atomic mass is 19.4. The molecule has 0 bridgehead atoms. The molecule has 0 aliphatic heterocycles. The van der Waals surface area contributed by atoms with Gasteiger partial charge in [0.1, 0.15) is 5.56 Å². The number of fused-ring (bicyclic) bond motifs is 1. The molecule has 10 heteroatoms. The summed E-state index contributed by atoms with van der Waals surface area (Å²) in [7, 11) is 0. The van der Waals surface area contributed by atoms with E-state index in [-0.39, 0.29) is 23.0 Å². The van der Waals surface area contributed by atoms with Crippen LogP contribution in [0.15, 0.2) is 41.7 Å². The van der Waals surface area contributed by atoms with E-state index in [9.17, 15) is 22.8 Å². The van der Waals surface area contributed by atoms with Gasteiger partial charge in [-0.3, -0.25) is 9.59 Å². The second-order valence-corrected chi connectivity index (χ2v) is 5.34. The molecule has 0 fully saturated rings. The van der Waals surface area contributed by atoms with Crippen molar-refractivity contribution < 1.29 is 22.7 Å². The number of H-pyrrole nitrogens is 2. The molecule has 3 N–H and O–H groups in total. The minimum atomic E-state index is -4.89. The number of carbonyl (C=O) groups excluding carboxylic acids is 1. The van der Waals surface area contributed by atoms with E-state index in [2.05, 4.69) is 25.0 Å². The number of hydrogen-bond acceptors (Lipinski definition) is 4. The van der Waals surface area contributed by atoms with Gasteiger partial charge in [-0.05, 0) is 12.1 Å². The molecule has 0 saturated heterocycles. The molecule has 0 unspecified atom stereocenters. The second kappa shape index (κ2) is 6.90. The fourth-order valence-electron chi connectivity index (χ4n) is 2.43. The number of benzene rings is 1. The maximum Gasteiger partial charge on any atom is 0.573 e. The maximum atomic E-state index is 12.4. The Morgan fingerprint density at radius 1 is 1.27 bits per heavy atom. The van der Waals surface area contributed by atoms with E-state index in [4.69, 9.17) is 0 Å². The molecule has 3 aromatic rings. The van der Waals surface area contributed by atoms with Crippen molar-refractivity contribution in [2.24, 2.45) is 0 Å². The summed E-state index contributed by atoms with van der Waals surface area (Å²) in [6, 6.07) is 3.65. The lowest BCUT2D eigenvalue weighted by Crippen LogP contribution is -2.30. The molecule has 0 aliphatic rings. The number of alkyl halides is 3. The average Bonchev–Trinajstić information content (AvgIpc) is 3.08. The first-order valence-corrected chi connectivity index (χ1v) is 7.51. The molecule has 136 valence electrons. The normalized spacial score (nSPS) is 11.5. The van der Waals surface area contributed by atoms with Gasteiger partial charge in [-0.25, -0.2) is 4.98 Å². The number of para-hydroxylation sites is 1. The Morgan fingerprint density at radius 2 is 2.08 bits per heavy atom. The molecule has 0 spiro atoms. The van der Waals surface area contributed by atoms with Gasteiger partial charge in [0.05, 0.1) is 17.2 Å². The van der Waals surface area contributed by atoms with Crippen molar-refractivity contribution in [1.82, 2.24) is 20.3 Å². The summed E-state index contributed by atoms with van der Waals surface area (Å²) in [6.07, 6.45) is -0.225. The fourth-order valence-corrected chi connectivity index (χ4v) is 2.43. The Morgan fingerprint density at radius 3 is 2.77 bits per heavy atom. The van der Waals surface area contributed by atoms with Crippen LogP contribution in [0.1, 0.15) is 16.1 Å². The summed E-state index contributed by atoms with van der Waals surface area (Å²) in [5.41, 5.74) is -0.216. The molecule has 0 aliphatic carbocycles. The number of aromatic nitrogens is 3. The molecule has 1 amide bonds. The van der Waals surface area contributed by atoms with E-state index in [0.29, 0.717) is 6.42 Å². The zero-order valence-corrected chi connectivity index (χ0v) is 13.2. The molecule has 7 nitrogen and oxygen atoms in total. The number of carbonyl (C=O) groups is 1. The van der Waals surface area contributed by atoms with Gasteiger partial charge in [0, 0.05) is 31.1 Å². The van der Waals surface area contributed by atoms with Crippen LogP contribution in [0.25, 0.3) is 10.9 Å². The van der Waals surface area contributed by atoms with Gasteiger partial charge in [0.2, 0.25) is 5.43 Å². The third-order valence-electron chi connectivity index (χ3n) is 3.58. The van der Waals surface area contributed by atoms with Gasteiger partial charge in [0.25, 0.3) is 5.91 Å². The van der Waals surface area contributed by atoms with Gasteiger partial charge < -0.3 is 20.0 Å². The molecule has 1 aromatic carbocycles. The van der Waals surface area contributed by atoms with E-state index in [1.165, 1.54) is 18.5 Å². The number of halogens is 3. The molecule has 26 heavy (non-hydrogen) atoms. The summed E-state index contributed by atoms with van der Waals surface area (Å²) >= 11 is 0. The van der Waals surface area contributed by atoms with Gasteiger partial charge >= 0.3 is 6.36 Å². The molecular weight excluding hydrogens is 353 g/mol. The predicted molar refractivity (Wildman–Crippen MR) is 85.9 cm³/mol. The van der Waals surface area contributed by atoms with Gasteiger partial charge in [-0.1, -0.05) is 6.07 Å². The number of ether oxygens (including phenoxy) is 1. The first-order valence-electron chi connectivity index (χ1n) is 7.51. The van der Waals surface area contributed by atoms with Crippen LogP contribution in [-0.4, -0.2) is 33.8 Å². The third kappa shape index (κ3) is 3.85. The number of nitrogens with one attached hydrogen (secondary N) is 3. The molecular formula is C16H13F3N4O3. The molecule has 3 rings (SSSR count). The van der Waals surface area contributed by atoms with E-state index in [1.807, 2.05) is 0 Å². The third-order valence-corrected chi connectivity index (χ3v) is 3.58. The molecule has 2 heterocycles. The zero-order valence-electron chi connectivity index (χ0n) is 13.2. The SMILES string of the molecule is O=C(NCCc1cnc[nH]1)c1c[nH]c2c(OC(F)(F)F)cccc2c1=O. The Hall–Kier alpha value is -3.30. The Kier molecular flexibility index (Phi) is 4.65. The Labute approximate surface area is 144 Å². The summed E-state index contributed by atoms with van der Waals surface area (Å²) in [6.45, 7) is 0.260. The Balaban J connectivity index is 1.82. The smallest absolute Gasteiger partial charge is 0.404 e. The number of pyridine rings is 1. The number of imidazole rings is 1. The quantitative estimate of drug-likeness (QED) is 0.644. The van der Waals surface area contributed by atoms with Crippen LogP contribution >= 0.6 is 0 Å². The van der Waals surface area contributed by atoms with Crippen LogP contribution in [0.5, 0.6) is 5.75 Å². The molecule has 2 aromatic heterocycles. The summed E-state index contributed by atoms with van der Waals surface area (Å²) in [5.74, 6) is -1.17. The largest absolute Gasteiger partial charge is 0.573 e. The van der Waals surface area contributed by atoms with Crippen LogP contribution in [0.3, 0.4) is 0 Å². The lowest BCUT2D eigenvalue weighted by molar-refractivity contribution is -0.274. The van der Waals surface area contributed by atoms with Crippen LogP contribution in [0.2, 0.25) is 0 Å². The van der Waals surface area contributed by atoms with E-state index in [1.54, 1.807) is 6.20 Å². The molecule has 0 atom stereocenters. The van der Waals surface area contributed by atoms with Gasteiger partial charge in [-0.2, -0.15) is 0 Å². The van der Waals surface area contributed by atoms with Crippen molar-refractivity contribution in [3.63, 3.8) is 0 Å². The van der Waals surface area contributed by atoms with Crippen LogP contribution < -0.4 is 15.5 Å². The topological polar surface area (TPSA) is 99.9 Å². The standard InChI is InChI=1S/C16H13F3N4O3/c17-16(18,19)26-12-3-1-2-10-13(12)22-7-11(14(10)24)15(25)21-5-4-9-6-20-8-23-9/h1-3,6-8H,4-5H2,(H,20,23)(H,21,25)(H,22,24). The van der Waals surface area contributed by atoms with Crippen molar-refractivity contribution in [3.05, 3.63) is 58.4 Å². The van der Waals surface area contributed by atoms with E-state index in [0.717, 1.165) is 18.0 Å². The number of aromatic amines is 2. The predicted octanol–water partition coefficient (Wildman–Crippen LogP) is 2.12. The zero-order chi connectivity index (χ0) is 18.7. The number of nitrogens with zero attached hydrogens (tertiary/aromatic N) is 1. The lowest BCUT2D eigenvalue weighted by atomic mass is 10.1. The highest BCUT2D eigenvalue weighted by molar-refractivity contribution is 5.97. The molecule has 0 radical (unpaired) electrons. The van der Waals surface area contributed by atoms with Crippen molar-refractivity contribution >= 4 is 16.8 Å². The number of hydrogen-bond donors (Lipinski definition) is 3. The summed E-state index contributed by atoms with van der Waals surface area (Å²) in [5, 5.41) is 2.50. The number of amides is 1. The minimum Gasteiger partial charge on any atom is -0.404 e. The minimum absolute atomic E-state index is 0.0760. The van der Waals surface area contributed by atoms with Gasteiger partial charge in [-0.15, -0.1) is 13.2 Å². The van der Waals surface area contributed by atoms with Crippen molar-refractivity contribution in [2.75, 3.05) is 6.54 Å². The van der Waals surface area contributed by atoms with Crippen molar-refractivity contribution in [1.29, 1.82) is 0 Å². The lowest BCUT2D eigenvalue weighted by Gasteiger charge is -2.11. The van der Waals surface area contributed by atoms with Crippen molar-refractivity contribution in [2.45, 2.75) is 12.8 Å². The summed E-state index contributed by atoms with van der Waals surface area (Å²) in [4.78, 5) is 33.9. The first kappa shape index (κ1) is 17.5. The summed E-state index contributed by atoms with van der Waals surface area (Å²) < 4.78 is 41.2. The van der Waals surface area contributed by atoms with Crippen LogP contribution in [0, 0.1) is 0 Å². The van der Waals surface area contributed by atoms with Gasteiger partial charge in [0.15, 0.2) is 5.75 Å². The van der Waals surface area contributed by atoms with Crippen LogP contribution in [-0.2, 0) is 6.42 Å². The van der Waals surface area contributed by atoms with E-state index >= 15 is 0 Å². The highest BCUT2D eigenvalue weighted by Gasteiger charge is 2.32. The average molecular weight is 366 g/mol. The monoisotopic (exact) mass is 366 g/mol. The highest BCUT2D eigenvalue weighted by Crippen LogP contribution is 2.27. The first-order chi connectivity index (χ1) is 12.3. The maximum absolute atomic E-state index is 12.4. The second-order valence-electron chi connectivity index (χ2n) is 5.34. The van der Waals surface area contributed by atoms with Crippen molar-refractivity contribution in [3.8, 4) is 5.75 Å². The fraction of sp³-hybridized carbons (Fsp3) is 0.188. The molecule has 0 saturated carbocycles. The Bertz CT molecular complexity index is 981. The van der Waals surface area contributed by atoms with E-state index < -0.39 is 23.4 Å².